The average molecular weight is 298 g/mol. The fourth-order valence-corrected chi connectivity index (χ4v) is 3.47. The summed E-state index contributed by atoms with van der Waals surface area (Å²) in [6, 6.07) is 6.97. The molecule has 1 aromatic carbocycles. The highest BCUT2D eigenvalue weighted by Gasteiger charge is 2.42. The van der Waals surface area contributed by atoms with Gasteiger partial charge < -0.3 is 10.5 Å². The van der Waals surface area contributed by atoms with Crippen LogP contribution in [0.2, 0.25) is 0 Å². The van der Waals surface area contributed by atoms with Crippen LogP contribution in [0.4, 0.5) is 5.69 Å². The van der Waals surface area contributed by atoms with Crippen molar-refractivity contribution >= 4 is 15.7 Å². The third kappa shape index (κ3) is 4.47. The Bertz CT molecular complexity index is 553. The van der Waals surface area contributed by atoms with E-state index in [9.17, 15) is 8.42 Å². The lowest BCUT2D eigenvalue weighted by Gasteiger charge is -2.15. The molecular weight excluding hydrogens is 276 g/mol. The predicted molar refractivity (Wildman–Crippen MR) is 79.6 cm³/mol. The Kier molecular flexibility index (Phi) is 4.67. The lowest BCUT2D eigenvalue weighted by molar-refractivity contribution is 0.173. The van der Waals surface area contributed by atoms with Gasteiger partial charge >= 0.3 is 0 Å². The molecule has 5 nitrogen and oxygen atoms in total. The van der Waals surface area contributed by atoms with Gasteiger partial charge in [-0.1, -0.05) is 12.1 Å². The summed E-state index contributed by atoms with van der Waals surface area (Å²) in [5.74, 6) is -0.0294. The molecule has 1 fully saturated rings. The van der Waals surface area contributed by atoms with Crippen LogP contribution in [-0.2, 0) is 20.5 Å². The molecule has 2 rings (SSSR count). The molecule has 0 saturated heterocycles. The molecule has 3 N–H and O–H groups in total. The van der Waals surface area contributed by atoms with E-state index in [1.807, 2.05) is 0 Å². The first-order chi connectivity index (χ1) is 9.45. The van der Waals surface area contributed by atoms with Gasteiger partial charge in [-0.05, 0) is 42.4 Å². The minimum atomic E-state index is -3.32. The van der Waals surface area contributed by atoms with Gasteiger partial charge in [-0.2, -0.15) is 0 Å². The van der Waals surface area contributed by atoms with E-state index in [1.165, 1.54) is 0 Å². The van der Waals surface area contributed by atoms with Crippen molar-refractivity contribution in [3.63, 3.8) is 0 Å². The van der Waals surface area contributed by atoms with Crippen molar-refractivity contribution < 1.29 is 13.2 Å². The Morgan fingerprint density at radius 1 is 1.40 bits per heavy atom. The van der Waals surface area contributed by atoms with Crippen molar-refractivity contribution in [1.29, 1.82) is 0 Å². The maximum atomic E-state index is 12.1. The molecule has 0 unspecified atom stereocenters. The number of hydrogen-bond donors (Lipinski definition) is 2. The molecular formula is C14H22N2O3S. The second kappa shape index (κ2) is 6.11. The topological polar surface area (TPSA) is 81.4 Å². The zero-order chi connectivity index (χ0) is 14.6. The number of ether oxygens (including phenoxy) is 1. The summed E-state index contributed by atoms with van der Waals surface area (Å²) in [4.78, 5) is 0. The van der Waals surface area contributed by atoms with Crippen LogP contribution in [0.3, 0.4) is 0 Å². The van der Waals surface area contributed by atoms with Crippen LogP contribution in [0.1, 0.15) is 24.8 Å². The number of sulfonamides is 1. The van der Waals surface area contributed by atoms with Gasteiger partial charge in [0, 0.05) is 25.9 Å². The molecule has 0 radical (unpaired) electrons. The maximum Gasteiger partial charge on any atom is 0.215 e. The van der Waals surface area contributed by atoms with Crippen LogP contribution in [0, 0.1) is 5.41 Å². The van der Waals surface area contributed by atoms with Gasteiger partial charge in [0.2, 0.25) is 10.0 Å². The Hall–Kier alpha value is -1.11. The van der Waals surface area contributed by atoms with E-state index in [-0.39, 0.29) is 11.2 Å². The number of nitrogen functional groups attached to an aromatic ring is 1. The Morgan fingerprint density at radius 3 is 2.75 bits per heavy atom. The highest BCUT2D eigenvalue weighted by molar-refractivity contribution is 7.88. The standard InChI is InChI=1S/C14H22N2O3S/c1-19-8-7-14(5-6-14)11-16-20(17,18)10-12-3-2-4-13(15)9-12/h2-4,9,16H,5-8,10-11,15H2,1H3. The van der Waals surface area contributed by atoms with Crippen molar-refractivity contribution in [3.05, 3.63) is 29.8 Å². The predicted octanol–water partition coefficient (Wildman–Crippen LogP) is 1.50. The summed E-state index contributed by atoms with van der Waals surface area (Å²) in [7, 11) is -1.65. The minimum absolute atomic E-state index is 0.0294. The molecule has 0 aliphatic heterocycles. The van der Waals surface area contributed by atoms with Crippen molar-refractivity contribution in [2.24, 2.45) is 5.41 Å². The first-order valence-corrected chi connectivity index (χ1v) is 8.41. The minimum Gasteiger partial charge on any atom is -0.399 e. The monoisotopic (exact) mass is 298 g/mol. The summed E-state index contributed by atoms with van der Waals surface area (Å²) in [5.41, 5.74) is 7.05. The average Bonchev–Trinajstić information content (AvgIpc) is 3.14. The molecule has 6 heteroatoms. The van der Waals surface area contributed by atoms with Crippen molar-refractivity contribution in [2.75, 3.05) is 26.0 Å². The summed E-state index contributed by atoms with van der Waals surface area (Å²) in [5, 5.41) is 0. The van der Waals surface area contributed by atoms with Crippen molar-refractivity contribution in [3.8, 4) is 0 Å². The van der Waals surface area contributed by atoms with Gasteiger partial charge in [-0.25, -0.2) is 13.1 Å². The smallest absolute Gasteiger partial charge is 0.215 e. The largest absolute Gasteiger partial charge is 0.399 e. The van der Waals surface area contributed by atoms with Crippen LogP contribution >= 0.6 is 0 Å². The SMILES string of the molecule is COCCC1(CNS(=O)(=O)Cc2cccc(N)c2)CC1. The molecule has 0 spiro atoms. The van der Waals surface area contributed by atoms with Gasteiger partial charge in [-0.15, -0.1) is 0 Å². The van der Waals surface area contributed by atoms with E-state index >= 15 is 0 Å². The molecule has 1 saturated carbocycles. The third-order valence-corrected chi connectivity index (χ3v) is 5.07. The number of methoxy groups -OCH3 is 1. The Balaban J connectivity index is 1.88. The second-order valence-corrected chi connectivity index (χ2v) is 7.37. The van der Waals surface area contributed by atoms with Crippen LogP contribution in [0.15, 0.2) is 24.3 Å². The first kappa shape index (κ1) is 15.3. The van der Waals surface area contributed by atoms with Gasteiger partial charge in [0.15, 0.2) is 0 Å². The lowest BCUT2D eigenvalue weighted by atomic mass is 10.0. The zero-order valence-corrected chi connectivity index (χ0v) is 12.6. The maximum absolute atomic E-state index is 12.1. The Labute approximate surface area is 120 Å². The molecule has 112 valence electrons. The summed E-state index contributed by atoms with van der Waals surface area (Å²) in [6.07, 6.45) is 3.04. The van der Waals surface area contributed by atoms with Crippen molar-refractivity contribution in [1.82, 2.24) is 4.72 Å². The normalized spacial score (nSPS) is 17.1. The van der Waals surface area contributed by atoms with E-state index < -0.39 is 10.0 Å². The van der Waals surface area contributed by atoms with Gasteiger partial charge in [0.1, 0.15) is 0 Å². The number of nitrogens with one attached hydrogen (secondary N) is 1. The van der Waals surface area contributed by atoms with E-state index in [2.05, 4.69) is 4.72 Å². The summed E-state index contributed by atoms with van der Waals surface area (Å²) in [6.45, 7) is 1.18. The molecule has 0 bridgehead atoms. The highest BCUT2D eigenvalue weighted by Crippen LogP contribution is 2.48. The molecule has 1 aromatic rings. The number of benzene rings is 1. The van der Waals surface area contributed by atoms with Crippen LogP contribution in [-0.4, -0.2) is 28.7 Å². The summed E-state index contributed by atoms with van der Waals surface area (Å²) >= 11 is 0. The van der Waals surface area contributed by atoms with Crippen LogP contribution in [0.25, 0.3) is 0 Å². The summed E-state index contributed by atoms with van der Waals surface area (Å²) < 4.78 is 31.9. The second-order valence-electron chi connectivity index (χ2n) is 5.57. The highest BCUT2D eigenvalue weighted by atomic mass is 32.2. The number of nitrogens with two attached hydrogens (primary N) is 1. The van der Waals surface area contributed by atoms with E-state index in [4.69, 9.17) is 10.5 Å². The molecule has 1 aliphatic carbocycles. The lowest BCUT2D eigenvalue weighted by Crippen LogP contribution is -2.31. The number of rotatable bonds is 8. The van der Waals surface area contributed by atoms with Gasteiger partial charge in [0.05, 0.1) is 5.75 Å². The first-order valence-electron chi connectivity index (χ1n) is 6.75. The van der Waals surface area contributed by atoms with Gasteiger partial charge in [0.25, 0.3) is 0 Å². The molecule has 0 amide bonds. The molecule has 20 heavy (non-hydrogen) atoms. The fraction of sp³-hybridized carbons (Fsp3) is 0.571. The van der Waals surface area contributed by atoms with Gasteiger partial charge in [-0.3, -0.25) is 0 Å². The van der Waals surface area contributed by atoms with Crippen LogP contribution < -0.4 is 10.5 Å². The zero-order valence-electron chi connectivity index (χ0n) is 11.8. The number of hydrogen-bond acceptors (Lipinski definition) is 4. The Morgan fingerprint density at radius 2 is 2.15 bits per heavy atom. The molecule has 0 heterocycles. The quantitative estimate of drug-likeness (QED) is 0.713. The van der Waals surface area contributed by atoms with E-state index in [0.717, 1.165) is 19.3 Å². The molecule has 0 aromatic heterocycles. The number of anilines is 1. The molecule has 1 aliphatic rings. The third-order valence-electron chi connectivity index (χ3n) is 3.77. The molecule has 0 atom stereocenters. The van der Waals surface area contributed by atoms with E-state index in [1.54, 1.807) is 31.4 Å². The van der Waals surface area contributed by atoms with Crippen molar-refractivity contribution in [2.45, 2.75) is 25.0 Å². The fourth-order valence-electron chi connectivity index (χ4n) is 2.23. The van der Waals surface area contributed by atoms with Crippen LogP contribution in [0.5, 0.6) is 0 Å². The van der Waals surface area contributed by atoms with E-state index in [0.29, 0.717) is 24.4 Å².